The molecule has 2 amide bonds. The Hall–Kier alpha value is -2.87. The van der Waals surface area contributed by atoms with Crippen molar-refractivity contribution in [2.24, 2.45) is 7.05 Å². The van der Waals surface area contributed by atoms with Crippen LogP contribution >= 0.6 is 11.8 Å². The molecule has 128 valence electrons. The number of rotatable bonds is 5. The molecule has 1 N–H and O–H groups in total. The van der Waals surface area contributed by atoms with E-state index < -0.39 is 5.91 Å². The second kappa shape index (κ2) is 7.35. The average Bonchev–Trinajstić information content (AvgIpc) is 3.19. The molecule has 0 bridgehead atoms. The number of aryl methyl sites for hydroxylation is 1. The zero-order valence-electron chi connectivity index (χ0n) is 13.7. The Morgan fingerprint density at radius 2 is 1.96 bits per heavy atom. The Bertz CT molecular complexity index is 902. The van der Waals surface area contributed by atoms with Crippen LogP contribution in [0.25, 0.3) is 11.4 Å². The van der Waals surface area contributed by atoms with E-state index in [1.54, 1.807) is 35.1 Å². The van der Waals surface area contributed by atoms with E-state index in [1.165, 1.54) is 11.8 Å². The molecule has 0 unspecified atom stereocenters. The lowest BCUT2D eigenvalue weighted by Gasteiger charge is -2.05. The lowest BCUT2D eigenvalue weighted by Crippen LogP contribution is -2.31. The highest BCUT2D eigenvalue weighted by Crippen LogP contribution is 2.25. The summed E-state index contributed by atoms with van der Waals surface area (Å²) in [7, 11) is 1.82. The third-order valence-electron chi connectivity index (χ3n) is 3.56. The minimum atomic E-state index is -0.418. The number of imide groups is 1. The smallest absolute Gasteiger partial charge is 0.257 e. The first kappa shape index (κ1) is 17.0. The fraction of sp³-hybridized carbons (Fsp3) is 0.176. The Labute approximate surface area is 148 Å². The maximum Gasteiger partial charge on any atom is 0.257 e. The standard InChI is InChI=1S/C17H16N4O3S/c1-11-13(8-9-24-11)15-19-20-17(21(15)2)25-10-14(22)18-16(23)12-6-4-3-5-7-12/h3-9H,10H2,1-2H3,(H,18,22,23). The molecule has 0 radical (unpaired) electrons. The van der Waals surface area contributed by atoms with Crippen molar-refractivity contribution in [3.05, 3.63) is 54.0 Å². The van der Waals surface area contributed by atoms with Gasteiger partial charge in [-0.25, -0.2) is 0 Å². The van der Waals surface area contributed by atoms with Gasteiger partial charge in [0.2, 0.25) is 5.91 Å². The molecule has 0 saturated carbocycles. The number of nitrogens with zero attached hydrogens (tertiary/aromatic N) is 3. The fourth-order valence-corrected chi connectivity index (χ4v) is 2.96. The van der Waals surface area contributed by atoms with E-state index in [4.69, 9.17) is 4.42 Å². The van der Waals surface area contributed by atoms with Gasteiger partial charge in [-0.15, -0.1) is 10.2 Å². The molecule has 0 saturated heterocycles. The third kappa shape index (κ3) is 3.80. The third-order valence-corrected chi connectivity index (χ3v) is 4.58. The summed E-state index contributed by atoms with van der Waals surface area (Å²) >= 11 is 1.21. The number of nitrogens with one attached hydrogen (secondary N) is 1. The molecule has 1 aromatic carbocycles. The molecule has 2 heterocycles. The van der Waals surface area contributed by atoms with Crippen LogP contribution in [-0.2, 0) is 11.8 Å². The van der Waals surface area contributed by atoms with Crippen molar-refractivity contribution >= 4 is 23.6 Å². The van der Waals surface area contributed by atoms with Crippen LogP contribution < -0.4 is 5.32 Å². The van der Waals surface area contributed by atoms with Crippen LogP contribution in [0.3, 0.4) is 0 Å². The number of carbonyl (C=O) groups excluding carboxylic acids is 2. The number of amides is 2. The Morgan fingerprint density at radius 3 is 2.64 bits per heavy atom. The van der Waals surface area contributed by atoms with Gasteiger partial charge in [0.05, 0.1) is 17.6 Å². The van der Waals surface area contributed by atoms with Crippen LogP contribution in [0.5, 0.6) is 0 Å². The predicted molar refractivity (Wildman–Crippen MR) is 93.1 cm³/mol. The molecule has 0 fully saturated rings. The topological polar surface area (TPSA) is 90.0 Å². The quantitative estimate of drug-likeness (QED) is 0.706. The monoisotopic (exact) mass is 356 g/mol. The highest BCUT2D eigenvalue weighted by molar-refractivity contribution is 7.99. The number of thioether (sulfide) groups is 1. The average molecular weight is 356 g/mol. The number of aromatic nitrogens is 3. The van der Waals surface area contributed by atoms with Crippen molar-refractivity contribution in [1.82, 2.24) is 20.1 Å². The Kier molecular flexibility index (Phi) is 4.99. The zero-order valence-corrected chi connectivity index (χ0v) is 14.5. The van der Waals surface area contributed by atoms with Crippen molar-refractivity contribution in [3.8, 4) is 11.4 Å². The molecule has 7 nitrogen and oxygen atoms in total. The maximum absolute atomic E-state index is 12.0. The zero-order chi connectivity index (χ0) is 17.8. The van der Waals surface area contributed by atoms with Gasteiger partial charge in [-0.05, 0) is 25.1 Å². The van der Waals surface area contributed by atoms with Gasteiger partial charge < -0.3 is 8.98 Å². The first-order valence-electron chi connectivity index (χ1n) is 7.52. The SMILES string of the molecule is Cc1occc1-c1nnc(SCC(=O)NC(=O)c2ccccc2)n1C. The second-order valence-electron chi connectivity index (χ2n) is 5.29. The number of furan rings is 1. The molecular formula is C17H16N4O3S. The summed E-state index contributed by atoms with van der Waals surface area (Å²) in [6, 6.07) is 10.4. The fourth-order valence-electron chi connectivity index (χ4n) is 2.25. The van der Waals surface area contributed by atoms with E-state index in [2.05, 4.69) is 15.5 Å². The molecule has 0 aliphatic carbocycles. The minimum Gasteiger partial charge on any atom is -0.469 e. The largest absolute Gasteiger partial charge is 0.469 e. The van der Waals surface area contributed by atoms with E-state index in [0.717, 1.165) is 11.3 Å². The van der Waals surface area contributed by atoms with Crippen LogP contribution in [0, 0.1) is 6.92 Å². The number of benzene rings is 1. The van der Waals surface area contributed by atoms with Gasteiger partial charge in [0.15, 0.2) is 11.0 Å². The van der Waals surface area contributed by atoms with Gasteiger partial charge in [0.25, 0.3) is 5.91 Å². The molecule has 8 heteroatoms. The van der Waals surface area contributed by atoms with Gasteiger partial charge in [-0.2, -0.15) is 0 Å². The van der Waals surface area contributed by atoms with E-state index in [9.17, 15) is 9.59 Å². The molecule has 0 atom stereocenters. The number of carbonyl (C=O) groups is 2. The highest BCUT2D eigenvalue weighted by atomic mass is 32.2. The molecular weight excluding hydrogens is 340 g/mol. The number of hydrogen-bond acceptors (Lipinski definition) is 6. The predicted octanol–water partition coefficient (Wildman–Crippen LogP) is 2.43. The highest BCUT2D eigenvalue weighted by Gasteiger charge is 2.16. The van der Waals surface area contributed by atoms with Crippen LogP contribution in [-0.4, -0.2) is 32.3 Å². The van der Waals surface area contributed by atoms with E-state index in [0.29, 0.717) is 16.5 Å². The minimum absolute atomic E-state index is 0.0644. The summed E-state index contributed by atoms with van der Waals surface area (Å²) in [6.45, 7) is 1.85. The van der Waals surface area contributed by atoms with Gasteiger partial charge in [0.1, 0.15) is 5.76 Å². The van der Waals surface area contributed by atoms with Crippen molar-refractivity contribution in [1.29, 1.82) is 0 Å². The molecule has 2 aromatic heterocycles. The van der Waals surface area contributed by atoms with Gasteiger partial charge >= 0.3 is 0 Å². The van der Waals surface area contributed by atoms with E-state index >= 15 is 0 Å². The normalized spacial score (nSPS) is 10.6. The van der Waals surface area contributed by atoms with Crippen molar-refractivity contribution in [3.63, 3.8) is 0 Å². The Morgan fingerprint density at radius 1 is 1.20 bits per heavy atom. The molecule has 0 aliphatic heterocycles. The molecule has 3 rings (SSSR count). The van der Waals surface area contributed by atoms with Crippen molar-refractivity contribution < 1.29 is 14.0 Å². The molecule has 25 heavy (non-hydrogen) atoms. The van der Waals surface area contributed by atoms with Crippen LogP contribution in [0.15, 0.2) is 52.2 Å². The summed E-state index contributed by atoms with van der Waals surface area (Å²) in [5, 5.41) is 11.2. The number of hydrogen-bond donors (Lipinski definition) is 1. The summed E-state index contributed by atoms with van der Waals surface area (Å²) in [5.41, 5.74) is 1.29. The molecule has 0 spiro atoms. The Balaban J connectivity index is 1.61. The first-order chi connectivity index (χ1) is 12.1. The van der Waals surface area contributed by atoms with E-state index in [1.807, 2.05) is 26.1 Å². The maximum atomic E-state index is 12.0. The van der Waals surface area contributed by atoms with E-state index in [-0.39, 0.29) is 11.7 Å². The van der Waals surface area contributed by atoms with Gasteiger partial charge in [-0.3, -0.25) is 14.9 Å². The lowest BCUT2D eigenvalue weighted by molar-refractivity contribution is -0.117. The summed E-state index contributed by atoms with van der Waals surface area (Å²) < 4.78 is 7.06. The van der Waals surface area contributed by atoms with Gasteiger partial charge in [0, 0.05) is 12.6 Å². The summed E-state index contributed by atoms with van der Waals surface area (Å²) in [6.07, 6.45) is 1.59. The lowest BCUT2D eigenvalue weighted by atomic mass is 10.2. The summed E-state index contributed by atoms with van der Waals surface area (Å²) in [5.74, 6) is 0.670. The second-order valence-corrected chi connectivity index (χ2v) is 6.23. The van der Waals surface area contributed by atoms with Crippen molar-refractivity contribution in [2.45, 2.75) is 12.1 Å². The first-order valence-corrected chi connectivity index (χ1v) is 8.50. The molecule has 3 aromatic rings. The van der Waals surface area contributed by atoms with Crippen LogP contribution in [0.4, 0.5) is 0 Å². The van der Waals surface area contributed by atoms with Gasteiger partial charge in [-0.1, -0.05) is 30.0 Å². The van der Waals surface area contributed by atoms with Crippen LogP contribution in [0.1, 0.15) is 16.1 Å². The van der Waals surface area contributed by atoms with Crippen LogP contribution in [0.2, 0.25) is 0 Å². The van der Waals surface area contributed by atoms with Crippen molar-refractivity contribution in [2.75, 3.05) is 5.75 Å². The summed E-state index contributed by atoms with van der Waals surface area (Å²) in [4.78, 5) is 23.9. The molecule has 0 aliphatic rings.